The summed E-state index contributed by atoms with van der Waals surface area (Å²) in [7, 11) is 0. The molecule has 3 heteroatoms. The summed E-state index contributed by atoms with van der Waals surface area (Å²) in [5.41, 5.74) is 8.47. The molecular weight excluding hydrogens is 198 g/mol. The Bertz CT molecular complexity index is 360. The highest BCUT2D eigenvalue weighted by Gasteiger charge is 2.14. The quantitative estimate of drug-likeness (QED) is 0.795. The highest BCUT2D eigenvalue weighted by atomic mass is 15.0. The molecule has 1 heterocycles. The zero-order chi connectivity index (χ0) is 11.4. The highest BCUT2D eigenvalue weighted by molar-refractivity contribution is 5.43. The van der Waals surface area contributed by atoms with Gasteiger partial charge >= 0.3 is 0 Å². The zero-order valence-electron chi connectivity index (χ0n) is 10.1. The van der Waals surface area contributed by atoms with E-state index >= 15 is 0 Å². The van der Waals surface area contributed by atoms with E-state index in [9.17, 15) is 0 Å². The second-order valence-corrected chi connectivity index (χ2v) is 4.61. The van der Waals surface area contributed by atoms with E-state index in [0.29, 0.717) is 0 Å². The van der Waals surface area contributed by atoms with Gasteiger partial charge in [-0.2, -0.15) is 0 Å². The van der Waals surface area contributed by atoms with Crippen molar-refractivity contribution in [3.05, 3.63) is 17.1 Å². The fourth-order valence-electron chi connectivity index (χ4n) is 2.30. The van der Waals surface area contributed by atoms with Gasteiger partial charge in [-0.3, -0.25) is 0 Å². The van der Waals surface area contributed by atoms with E-state index in [0.717, 1.165) is 37.3 Å². The van der Waals surface area contributed by atoms with E-state index in [4.69, 9.17) is 5.73 Å². The van der Waals surface area contributed by atoms with Crippen LogP contribution in [-0.4, -0.2) is 9.97 Å². The summed E-state index contributed by atoms with van der Waals surface area (Å²) in [5.74, 6) is 1.68. The fourth-order valence-corrected chi connectivity index (χ4v) is 2.30. The lowest BCUT2D eigenvalue weighted by molar-refractivity contribution is 0.705. The van der Waals surface area contributed by atoms with Gasteiger partial charge in [-0.25, -0.2) is 9.97 Å². The molecule has 1 aliphatic carbocycles. The number of unbranched alkanes of at least 4 members (excludes halogenated alkanes) is 1. The van der Waals surface area contributed by atoms with Crippen LogP contribution in [0.25, 0.3) is 0 Å². The lowest BCUT2D eigenvalue weighted by atomic mass is 10.1. The summed E-state index contributed by atoms with van der Waals surface area (Å²) in [6.07, 6.45) is 9.22. The third-order valence-electron chi connectivity index (χ3n) is 3.27. The third-order valence-corrected chi connectivity index (χ3v) is 3.27. The number of rotatable bonds is 3. The third kappa shape index (κ3) is 2.52. The standard InChI is InChI=1S/C13H21N3/c1-2-3-9-12-15-11-8-6-4-5-7-10(11)13(14)16-12/h2-9H2,1H3,(H2,14,15,16). The molecule has 0 bridgehead atoms. The average molecular weight is 219 g/mol. The number of hydrogen-bond acceptors (Lipinski definition) is 3. The molecule has 2 rings (SSSR count). The second-order valence-electron chi connectivity index (χ2n) is 4.61. The Kier molecular flexibility index (Phi) is 3.75. The summed E-state index contributed by atoms with van der Waals surface area (Å²) in [6.45, 7) is 2.19. The maximum Gasteiger partial charge on any atom is 0.131 e. The Morgan fingerprint density at radius 2 is 1.94 bits per heavy atom. The van der Waals surface area contributed by atoms with Crippen LogP contribution in [0.2, 0.25) is 0 Å². The van der Waals surface area contributed by atoms with Crippen molar-refractivity contribution < 1.29 is 0 Å². The number of nitrogens with zero attached hydrogens (tertiary/aromatic N) is 2. The SMILES string of the molecule is CCCCc1nc(N)c2c(n1)CCCCC2. The van der Waals surface area contributed by atoms with Crippen LogP contribution in [0.5, 0.6) is 0 Å². The van der Waals surface area contributed by atoms with Crippen LogP contribution >= 0.6 is 0 Å². The smallest absolute Gasteiger partial charge is 0.131 e. The van der Waals surface area contributed by atoms with E-state index in [1.54, 1.807) is 0 Å². The maximum atomic E-state index is 6.03. The van der Waals surface area contributed by atoms with Gasteiger partial charge in [0.05, 0.1) is 0 Å². The molecule has 3 nitrogen and oxygen atoms in total. The monoisotopic (exact) mass is 219 g/mol. The zero-order valence-corrected chi connectivity index (χ0v) is 10.1. The molecule has 0 atom stereocenters. The molecule has 0 aromatic carbocycles. The topological polar surface area (TPSA) is 51.8 Å². The Balaban J connectivity index is 2.24. The molecule has 1 aromatic rings. The number of nitrogen functional groups attached to an aromatic ring is 1. The van der Waals surface area contributed by atoms with Gasteiger partial charge in [0.25, 0.3) is 0 Å². The summed E-state index contributed by atoms with van der Waals surface area (Å²) < 4.78 is 0. The molecule has 0 fully saturated rings. The van der Waals surface area contributed by atoms with Gasteiger partial charge in [-0.15, -0.1) is 0 Å². The highest BCUT2D eigenvalue weighted by Crippen LogP contribution is 2.23. The molecule has 0 saturated heterocycles. The van der Waals surface area contributed by atoms with Gasteiger partial charge < -0.3 is 5.73 Å². The van der Waals surface area contributed by atoms with E-state index in [2.05, 4.69) is 16.9 Å². The maximum absolute atomic E-state index is 6.03. The molecule has 0 radical (unpaired) electrons. The number of fused-ring (bicyclic) bond motifs is 1. The first-order chi connectivity index (χ1) is 7.81. The van der Waals surface area contributed by atoms with Gasteiger partial charge in [-0.05, 0) is 32.1 Å². The number of aromatic nitrogens is 2. The van der Waals surface area contributed by atoms with Crippen LogP contribution in [0, 0.1) is 0 Å². The van der Waals surface area contributed by atoms with Crippen molar-refractivity contribution in [1.29, 1.82) is 0 Å². The summed E-state index contributed by atoms with van der Waals surface area (Å²) in [4.78, 5) is 9.11. The van der Waals surface area contributed by atoms with E-state index in [-0.39, 0.29) is 0 Å². The van der Waals surface area contributed by atoms with Gasteiger partial charge in [0.1, 0.15) is 11.6 Å². The Labute approximate surface area is 97.5 Å². The summed E-state index contributed by atoms with van der Waals surface area (Å²) in [6, 6.07) is 0. The molecule has 16 heavy (non-hydrogen) atoms. The second kappa shape index (κ2) is 5.28. The molecule has 1 aromatic heterocycles. The minimum Gasteiger partial charge on any atom is -0.383 e. The van der Waals surface area contributed by atoms with Crippen molar-refractivity contribution in [3.63, 3.8) is 0 Å². The van der Waals surface area contributed by atoms with Crippen molar-refractivity contribution in [1.82, 2.24) is 9.97 Å². The van der Waals surface area contributed by atoms with Crippen LogP contribution < -0.4 is 5.73 Å². The van der Waals surface area contributed by atoms with Crippen LogP contribution in [0.1, 0.15) is 56.1 Å². The average Bonchev–Trinajstić information content (AvgIpc) is 2.51. The first-order valence-electron chi connectivity index (χ1n) is 6.45. The lowest BCUT2D eigenvalue weighted by Gasteiger charge is -2.09. The molecule has 0 spiro atoms. The van der Waals surface area contributed by atoms with E-state index in [1.807, 2.05) is 0 Å². The molecule has 1 aliphatic rings. The largest absolute Gasteiger partial charge is 0.383 e. The Morgan fingerprint density at radius 1 is 1.12 bits per heavy atom. The molecule has 0 amide bonds. The van der Waals surface area contributed by atoms with Crippen molar-refractivity contribution in [2.45, 2.75) is 58.3 Å². The first-order valence-corrected chi connectivity index (χ1v) is 6.45. The first kappa shape index (κ1) is 11.4. The molecule has 2 N–H and O–H groups in total. The van der Waals surface area contributed by atoms with Gasteiger partial charge in [0.2, 0.25) is 0 Å². The summed E-state index contributed by atoms with van der Waals surface area (Å²) >= 11 is 0. The predicted molar refractivity (Wildman–Crippen MR) is 66.3 cm³/mol. The minimum atomic E-state index is 0.734. The molecule has 88 valence electrons. The van der Waals surface area contributed by atoms with Crippen molar-refractivity contribution in [2.75, 3.05) is 5.73 Å². The number of aryl methyl sites for hydroxylation is 2. The van der Waals surface area contributed by atoms with Crippen LogP contribution in [0.4, 0.5) is 5.82 Å². The normalized spacial score (nSPS) is 15.6. The van der Waals surface area contributed by atoms with E-state index < -0.39 is 0 Å². The van der Waals surface area contributed by atoms with Crippen LogP contribution in [0.3, 0.4) is 0 Å². The Hall–Kier alpha value is -1.12. The van der Waals surface area contributed by atoms with Crippen LogP contribution in [0.15, 0.2) is 0 Å². The van der Waals surface area contributed by atoms with Crippen molar-refractivity contribution in [3.8, 4) is 0 Å². The summed E-state index contributed by atoms with van der Waals surface area (Å²) in [5, 5.41) is 0. The number of hydrogen-bond donors (Lipinski definition) is 1. The molecule has 0 saturated carbocycles. The number of nitrogens with two attached hydrogens (primary N) is 1. The molecule has 0 aliphatic heterocycles. The predicted octanol–water partition coefficient (Wildman–Crippen LogP) is 2.67. The molecule has 0 unspecified atom stereocenters. The van der Waals surface area contributed by atoms with Gasteiger partial charge in [0.15, 0.2) is 0 Å². The van der Waals surface area contributed by atoms with E-state index in [1.165, 1.54) is 36.9 Å². The Morgan fingerprint density at radius 3 is 2.75 bits per heavy atom. The van der Waals surface area contributed by atoms with Crippen molar-refractivity contribution in [2.24, 2.45) is 0 Å². The van der Waals surface area contributed by atoms with Gasteiger partial charge in [-0.1, -0.05) is 19.8 Å². The van der Waals surface area contributed by atoms with Crippen molar-refractivity contribution >= 4 is 5.82 Å². The fraction of sp³-hybridized carbons (Fsp3) is 0.692. The molecular formula is C13H21N3. The minimum absolute atomic E-state index is 0.734. The lowest BCUT2D eigenvalue weighted by Crippen LogP contribution is -2.08. The number of anilines is 1. The van der Waals surface area contributed by atoms with Gasteiger partial charge in [0, 0.05) is 17.7 Å². The van der Waals surface area contributed by atoms with Crippen LogP contribution in [-0.2, 0) is 19.3 Å².